The van der Waals surface area contributed by atoms with Crippen LogP contribution in [0, 0.1) is 0 Å². The molecule has 4 heterocycles. The number of nitrogens with one attached hydrogen (secondary N) is 2. The van der Waals surface area contributed by atoms with Gasteiger partial charge in [0.25, 0.3) is 0 Å². The summed E-state index contributed by atoms with van der Waals surface area (Å²) in [5, 5.41) is 12.1. The molecule has 2 N–H and O–H groups in total. The number of aromatic nitrogens is 4. The molecule has 1 atom stereocenters. The number of amides is 1. The lowest BCUT2D eigenvalue weighted by Crippen LogP contribution is -2.36. The van der Waals surface area contributed by atoms with E-state index in [4.69, 9.17) is 9.72 Å². The zero-order valence-corrected chi connectivity index (χ0v) is 17.9. The minimum atomic E-state index is 0.116. The van der Waals surface area contributed by atoms with Crippen molar-refractivity contribution >= 4 is 28.6 Å². The van der Waals surface area contributed by atoms with Gasteiger partial charge in [-0.05, 0) is 49.1 Å². The van der Waals surface area contributed by atoms with E-state index in [0.717, 1.165) is 61.4 Å². The van der Waals surface area contributed by atoms with Gasteiger partial charge in [-0.1, -0.05) is 0 Å². The lowest BCUT2D eigenvalue weighted by molar-refractivity contribution is -0.129. The van der Waals surface area contributed by atoms with Gasteiger partial charge in [0.1, 0.15) is 5.75 Å². The van der Waals surface area contributed by atoms with Crippen LogP contribution in [0.1, 0.15) is 30.9 Å². The van der Waals surface area contributed by atoms with Crippen LogP contribution in [-0.2, 0) is 24.3 Å². The van der Waals surface area contributed by atoms with Gasteiger partial charge in [0.2, 0.25) is 11.9 Å². The molecule has 0 radical (unpaired) electrons. The molecule has 0 saturated carbocycles. The average Bonchev–Trinajstić information content (AvgIpc) is 3.41. The highest BCUT2D eigenvalue weighted by Crippen LogP contribution is 2.32. The number of carbonyl (C=O) groups is 1. The van der Waals surface area contributed by atoms with Crippen molar-refractivity contribution in [3.8, 4) is 5.75 Å². The summed E-state index contributed by atoms with van der Waals surface area (Å²) in [6.07, 6.45) is 6.55. The molecule has 1 amide bonds. The van der Waals surface area contributed by atoms with E-state index < -0.39 is 0 Å². The predicted octanol–water partition coefficient (Wildman–Crippen LogP) is 2.24. The van der Waals surface area contributed by atoms with Gasteiger partial charge >= 0.3 is 0 Å². The van der Waals surface area contributed by atoms with Crippen LogP contribution in [0.25, 0.3) is 11.0 Å². The maximum absolute atomic E-state index is 11.9. The van der Waals surface area contributed by atoms with Crippen LogP contribution in [-0.4, -0.2) is 56.8 Å². The Morgan fingerprint density at radius 2 is 2.23 bits per heavy atom. The molecule has 2 aromatic heterocycles. The molecule has 162 valence electrons. The van der Waals surface area contributed by atoms with Crippen LogP contribution >= 0.6 is 0 Å². The Morgan fingerprint density at radius 3 is 3.06 bits per heavy atom. The molecular formula is C22H27N7O2. The minimum Gasteiger partial charge on any atom is -0.495 e. The number of anilines is 2. The summed E-state index contributed by atoms with van der Waals surface area (Å²) in [6.45, 7) is 4.90. The smallest absolute Gasteiger partial charge is 0.229 e. The van der Waals surface area contributed by atoms with Crippen molar-refractivity contribution in [3.63, 3.8) is 0 Å². The first kappa shape index (κ1) is 19.7. The first-order valence-corrected chi connectivity index (χ1v) is 10.8. The van der Waals surface area contributed by atoms with E-state index in [2.05, 4.69) is 32.8 Å². The third-order valence-corrected chi connectivity index (χ3v) is 6.20. The summed E-state index contributed by atoms with van der Waals surface area (Å²) in [7, 11) is 1.68. The standard InChI is InChI=1S/C22H27N7O2/c1-14(30)28-7-3-4-18(28)13-29-21-17(12-25-29)11-24-22(27-21)26-19-8-16-10-23-6-5-15(16)9-20(19)31-2/h8-9,11-12,18,23H,3-7,10,13H2,1-2H3,(H,24,26,27). The number of rotatable bonds is 5. The summed E-state index contributed by atoms with van der Waals surface area (Å²) in [5.41, 5.74) is 4.16. The Balaban J connectivity index is 1.43. The fourth-order valence-electron chi connectivity index (χ4n) is 4.60. The van der Waals surface area contributed by atoms with Crippen molar-refractivity contribution in [2.24, 2.45) is 0 Å². The minimum absolute atomic E-state index is 0.116. The first-order valence-electron chi connectivity index (χ1n) is 10.8. The molecule has 5 rings (SSSR count). The molecular weight excluding hydrogens is 394 g/mol. The number of benzene rings is 1. The fourth-order valence-corrected chi connectivity index (χ4v) is 4.60. The number of nitrogens with zero attached hydrogens (tertiary/aromatic N) is 5. The summed E-state index contributed by atoms with van der Waals surface area (Å²) in [4.78, 5) is 23.0. The molecule has 1 fully saturated rings. The molecule has 2 aliphatic rings. The molecule has 1 aromatic carbocycles. The SMILES string of the molecule is COc1cc2c(cc1Nc1ncc3cnn(CC4CCCN4C(C)=O)c3n1)CNCC2. The van der Waals surface area contributed by atoms with E-state index >= 15 is 0 Å². The van der Waals surface area contributed by atoms with E-state index in [1.807, 2.05) is 9.58 Å². The Kier molecular flexibility index (Phi) is 5.19. The zero-order chi connectivity index (χ0) is 21.4. The zero-order valence-electron chi connectivity index (χ0n) is 17.9. The number of methoxy groups -OCH3 is 1. The first-order chi connectivity index (χ1) is 15.1. The summed E-state index contributed by atoms with van der Waals surface area (Å²) in [5.74, 6) is 1.39. The normalized spacial score (nSPS) is 18.3. The van der Waals surface area contributed by atoms with Crippen LogP contribution in [0.3, 0.4) is 0 Å². The van der Waals surface area contributed by atoms with Crippen molar-refractivity contribution in [1.29, 1.82) is 0 Å². The Hall–Kier alpha value is -3.20. The van der Waals surface area contributed by atoms with Crippen molar-refractivity contribution in [2.45, 2.75) is 45.3 Å². The van der Waals surface area contributed by atoms with E-state index in [0.29, 0.717) is 12.5 Å². The van der Waals surface area contributed by atoms with Gasteiger partial charge in [0, 0.05) is 26.2 Å². The molecule has 9 nitrogen and oxygen atoms in total. The third-order valence-electron chi connectivity index (χ3n) is 6.20. The number of carbonyl (C=O) groups excluding carboxylic acids is 1. The molecule has 0 bridgehead atoms. The van der Waals surface area contributed by atoms with Crippen LogP contribution < -0.4 is 15.4 Å². The largest absolute Gasteiger partial charge is 0.495 e. The lowest BCUT2D eigenvalue weighted by atomic mass is 10.00. The van der Waals surface area contributed by atoms with Gasteiger partial charge in [-0.2, -0.15) is 10.1 Å². The molecule has 0 spiro atoms. The Morgan fingerprint density at radius 1 is 1.32 bits per heavy atom. The van der Waals surface area contributed by atoms with E-state index in [9.17, 15) is 4.79 Å². The number of hydrogen-bond acceptors (Lipinski definition) is 7. The predicted molar refractivity (Wildman–Crippen MR) is 117 cm³/mol. The van der Waals surface area contributed by atoms with Crippen LogP contribution in [0.4, 0.5) is 11.6 Å². The van der Waals surface area contributed by atoms with E-state index in [1.54, 1.807) is 26.4 Å². The summed E-state index contributed by atoms with van der Waals surface area (Å²) in [6, 6.07) is 4.35. The number of fused-ring (bicyclic) bond motifs is 2. The molecule has 1 unspecified atom stereocenters. The highest BCUT2D eigenvalue weighted by molar-refractivity contribution is 5.76. The van der Waals surface area contributed by atoms with Crippen molar-refractivity contribution in [2.75, 3.05) is 25.5 Å². The number of ether oxygens (including phenoxy) is 1. The molecule has 31 heavy (non-hydrogen) atoms. The average molecular weight is 422 g/mol. The topological polar surface area (TPSA) is 97.2 Å². The van der Waals surface area contributed by atoms with Crippen molar-refractivity contribution in [3.05, 3.63) is 35.7 Å². The maximum atomic E-state index is 11.9. The molecule has 1 saturated heterocycles. The highest BCUT2D eigenvalue weighted by atomic mass is 16.5. The molecule has 2 aliphatic heterocycles. The second kappa shape index (κ2) is 8.14. The van der Waals surface area contributed by atoms with Gasteiger partial charge in [-0.15, -0.1) is 0 Å². The van der Waals surface area contributed by atoms with Crippen LogP contribution in [0.5, 0.6) is 5.75 Å². The lowest BCUT2D eigenvalue weighted by Gasteiger charge is -2.23. The van der Waals surface area contributed by atoms with Crippen LogP contribution in [0.15, 0.2) is 24.5 Å². The Labute approximate surface area is 180 Å². The van der Waals surface area contributed by atoms with Crippen LogP contribution in [0.2, 0.25) is 0 Å². The quantitative estimate of drug-likeness (QED) is 0.652. The third kappa shape index (κ3) is 3.81. The monoisotopic (exact) mass is 421 g/mol. The summed E-state index contributed by atoms with van der Waals surface area (Å²) >= 11 is 0. The van der Waals surface area contributed by atoms with Gasteiger partial charge in [-0.25, -0.2) is 9.67 Å². The maximum Gasteiger partial charge on any atom is 0.229 e. The van der Waals surface area contributed by atoms with Gasteiger partial charge in [-0.3, -0.25) is 4.79 Å². The van der Waals surface area contributed by atoms with E-state index in [1.165, 1.54) is 11.1 Å². The molecule has 9 heteroatoms. The molecule has 3 aromatic rings. The summed E-state index contributed by atoms with van der Waals surface area (Å²) < 4.78 is 7.49. The van der Waals surface area contributed by atoms with Gasteiger partial charge < -0.3 is 20.3 Å². The number of likely N-dealkylation sites (tertiary alicyclic amines) is 1. The van der Waals surface area contributed by atoms with Gasteiger partial charge in [0.05, 0.1) is 37.0 Å². The fraction of sp³-hybridized carbons (Fsp3) is 0.455. The molecule has 0 aliphatic carbocycles. The Bertz CT molecular complexity index is 1130. The highest BCUT2D eigenvalue weighted by Gasteiger charge is 2.27. The van der Waals surface area contributed by atoms with E-state index in [-0.39, 0.29) is 11.9 Å². The van der Waals surface area contributed by atoms with Crippen molar-refractivity contribution < 1.29 is 9.53 Å². The second-order valence-corrected chi connectivity index (χ2v) is 8.18. The number of hydrogen-bond donors (Lipinski definition) is 2. The van der Waals surface area contributed by atoms with Crippen molar-refractivity contribution in [1.82, 2.24) is 30.0 Å². The van der Waals surface area contributed by atoms with Gasteiger partial charge in [0.15, 0.2) is 5.65 Å². The second-order valence-electron chi connectivity index (χ2n) is 8.18.